The summed E-state index contributed by atoms with van der Waals surface area (Å²) in [5, 5.41) is 8.88. The van der Waals surface area contributed by atoms with Gasteiger partial charge in [-0.25, -0.2) is 0 Å². The lowest BCUT2D eigenvalue weighted by atomic mass is 9.88. The van der Waals surface area contributed by atoms with Crippen molar-refractivity contribution in [2.45, 2.75) is 82.7 Å². The SMILES string of the molecule is O=C(O)CC(=O)N(C1CCCCC1)C1CCCCC1. The largest absolute Gasteiger partial charge is 0.481 e. The molecule has 0 bridgehead atoms. The van der Waals surface area contributed by atoms with Gasteiger partial charge in [0.2, 0.25) is 5.91 Å². The second-order valence-electron chi connectivity index (χ2n) is 5.96. The Hall–Kier alpha value is -1.06. The van der Waals surface area contributed by atoms with Gasteiger partial charge in [0.05, 0.1) is 0 Å². The smallest absolute Gasteiger partial charge is 0.312 e. The molecule has 2 rings (SSSR count). The van der Waals surface area contributed by atoms with Gasteiger partial charge >= 0.3 is 5.97 Å². The minimum atomic E-state index is -0.999. The monoisotopic (exact) mass is 267 g/mol. The fourth-order valence-corrected chi connectivity index (χ4v) is 3.64. The van der Waals surface area contributed by atoms with Crippen molar-refractivity contribution < 1.29 is 14.7 Å². The Bertz CT molecular complexity index is 299. The van der Waals surface area contributed by atoms with E-state index in [-0.39, 0.29) is 12.3 Å². The van der Waals surface area contributed by atoms with Crippen molar-refractivity contribution in [1.82, 2.24) is 4.90 Å². The van der Waals surface area contributed by atoms with Gasteiger partial charge in [-0.05, 0) is 25.7 Å². The van der Waals surface area contributed by atoms with Gasteiger partial charge in [0.1, 0.15) is 6.42 Å². The maximum atomic E-state index is 12.3. The minimum Gasteiger partial charge on any atom is -0.481 e. The first kappa shape index (κ1) is 14.4. The lowest BCUT2D eigenvalue weighted by Crippen LogP contribution is -2.49. The van der Waals surface area contributed by atoms with Crippen LogP contribution in [0.1, 0.15) is 70.6 Å². The van der Waals surface area contributed by atoms with E-state index in [1.54, 1.807) is 0 Å². The molecule has 4 heteroatoms. The molecule has 19 heavy (non-hydrogen) atoms. The molecule has 0 radical (unpaired) electrons. The number of carboxylic acid groups (broad SMARTS) is 1. The summed E-state index contributed by atoms with van der Waals surface area (Å²) in [5.74, 6) is -1.16. The first-order valence-corrected chi connectivity index (χ1v) is 7.71. The highest BCUT2D eigenvalue weighted by atomic mass is 16.4. The summed E-state index contributed by atoms with van der Waals surface area (Å²) in [6, 6.07) is 0.590. The summed E-state index contributed by atoms with van der Waals surface area (Å²) < 4.78 is 0. The van der Waals surface area contributed by atoms with Crippen molar-refractivity contribution in [2.24, 2.45) is 0 Å². The summed E-state index contributed by atoms with van der Waals surface area (Å²) in [4.78, 5) is 25.1. The Morgan fingerprint density at radius 3 is 1.63 bits per heavy atom. The Balaban J connectivity index is 2.06. The average molecular weight is 267 g/mol. The van der Waals surface area contributed by atoms with Crippen LogP contribution in [-0.2, 0) is 9.59 Å². The minimum absolute atomic E-state index is 0.161. The van der Waals surface area contributed by atoms with Crippen LogP contribution in [0.15, 0.2) is 0 Å². The lowest BCUT2D eigenvalue weighted by Gasteiger charge is -2.41. The molecular weight excluding hydrogens is 242 g/mol. The molecule has 0 spiro atoms. The maximum Gasteiger partial charge on any atom is 0.312 e. The molecule has 108 valence electrons. The van der Waals surface area contributed by atoms with E-state index >= 15 is 0 Å². The molecule has 2 aliphatic carbocycles. The van der Waals surface area contributed by atoms with Crippen LogP contribution in [-0.4, -0.2) is 34.0 Å². The van der Waals surface area contributed by atoms with E-state index in [0.717, 1.165) is 25.7 Å². The van der Waals surface area contributed by atoms with Gasteiger partial charge in [0, 0.05) is 12.1 Å². The van der Waals surface area contributed by atoms with Crippen molar-refractivity contribution in [3.05, 3.63) is 0 Å². The predicted octanol–water partition coefficient (Wildman–Crippen LogP) is 2.96. The van der Waals surface area contributed by atoms with Crippen molar-refractivity contribution in [2.75, 3.05) is 0 Å². The molecule has 2 fully saturated rings. The number of carboxylic acids is 1. The van der Waals surface area contributed by atoms with Gasteiger partial charge in [0.15, 0.2) is 0 Å². The summed E-state index contributed by atoms with van der Waals surface area (Å²) >= 11 is 0. The second kappa shape index (κ2) is 6.92. The average Bonchev–Trinajstić information content (AvgIpc) is 2.40. The van der Waals surface area contributed by atoms with Crippen LogP contribution in [0.2, 0.25) is 0 Å². The van der Waals surface area contributed by atoms with E-state index < -0.39 is 5.97 Å². The van der Waals surface area contributed by atoms with Gasteiger partial charge in [-0.15, -0.1) is 0 Å². The van der Waals surface area contributed by atoms with Gasteiger partial charge in [-0.2, -0.15) is 0 Å². The third kappa shape index (κ3) is 3.95. The third-order valence-electron chi connectivity index (χ3n) is 4.53. The molecular formula is C15H25NO3. The topological polar surface area (TPSA) is 57.6 Å². The predicted molar refractivity (Wildman–Crippen MR) is 72.8 cm³/mol. The first-order chi connectivity index (χ1) is 9.18. The number of aliphatic carboxylic acids is 1. The fourth-order valence-electron chi connectivity index (χ4n) is 3.64. The standard InChI is InChI=1S/C15H25NO3/c17-14(11-15(18)19)16(12-7-3-1-4-8-12)13-9-5-2-6-10-13/h12-13H,1-11H2,(H,18,19). The van der Waals surface area contributed by atoms with E-state index in [0.29, 0.717) is 12.1 Å². The van der Waals surface area contributed by atoms with Crippen molar-refractivity contribution in [3.8, 4) is 0 Å². The lowest BCUT2D eigenvalue weighted by molar-refractivity contribution is -0.147. The number of carbonyl (C=O) groups is 2. The van der Waals surface area contributed by atoms with E-state index in [9.17, 15) is 9.59 Å². The van der Waals surface area contributed by atoms with Crippen molar-refractivity contribution in [3.63, 3.8) is 0 Å². The van der Waals surface area contributed by atoms with Crippen molar-refractivity contribution in [1.29, 1.82) is 0 Å². The van der Waals surface area contributed by atoms with Gasteiger partial charge < -0.3 is 10.0 Å². The van der Waals surface area contributed by atoms with Gasteiger partial charge in [-0.3, -0.25) is 9.59 Å². The van der Waals surface area contributed by atoms with E-state index in [1.165, 1.54) is 38.5 Å². The molecule has 0 aliphatic heterocycles. The van der Waals surface area contributed by atoms with Crippen LogP contribution in [0.25, 0.3) is 0 Å². The zero-order chi connectivity index (χ0) is 13.7. The second-order valence-corrected chi connectivity index (χ2v) is 5.96. The Morgan fingerprint density at radius 2 is 1.26 bits per heavy atom. The summed E-state index contributed by atoms with van der Waals surface area (Å²) in [6.45, 7) is 0. The maximum absolute atomic E-state index is 12.3. The molecule has 0 saturated heterocycles. The molecule has 2 aliphatic rings. The molecule has 0 aromatic rings. The number of amides is 1. The molecule has 0 heterocycles. The van der Waals surface area contributed by atoms with Crippen LogP contribution >= 0.6 is 0 Å². The Morgan fingerprint density at radius 1 is 0.842 bits per heavy atom. The van der Waals surface area contributed by atoms with Crippen LogP contribution in [0.5, 0.6) is 0 Å². The van der Waals surface area contributed by atoms with E-state index in [1.807, 2.05) is 4.90 Å². The molecule has 1 amide bonds. The molecule has 4 nitrogen and oxygen atoms in total. The molecule has 0 aromatic heterocycles. The number of rotatable bonds is 4. The zero-order valence-corrected chi connectivity index (χ0v) is 11.6. The highest BCUT2D eigenvalue weighted by Crippen LogP contribution is 2.30. The molecule has 1 N–H and O–H groups in total. The summed E-state index contributed by atoms with van der Waals surface area (Å²) in [7, 11) is 0. The molecule has 0 aromatic carbocycles. The van der Waals surface area contributed by atoms with Crippen LogP contribution < -0.4 is 0 Å². The first-order valence-electron chi connectivity index (χ1n) is 7.71. The van der Waals surface area contributed by atoms with Crippen LogP contribution in [0, 0.1) is 0 Å². The Labute approximate surface area is 115 Å². The number of nitrogens with zero attached hydrogens (tertiary/aromatic N) is 1. The quantitative estimate of drug-likeness (QED) is 0.797. The van der Waals surface area contributed by atoms with Gasteiger partial charge in [0.25, 0.3) is 0 Å². The highest BCUT2D eigenvalue weighted by Gasteiger charge is 2.32. The summed E-state index contributed by atoms with van der Waals surface area (Å²) in [6.07, 6.45) is 11.1. The van der Waals surface area contributed by atoms with E-state index in [4.69, 9.17) is 5.11 Å². The molecule has 0 unspecified atom stereocenters. The Kier molecular flexibility index (Phi) is 5.23. The number of hydrogen-bond acceptors (Lipinski definition) is 2. The number of carbonyl (C=O) groups excluding carboxylic acids is 1. The fraction of sp³-hybridized carbons (Fsp3) is 0.867. The van der Waals surface area contributed by atoms with Crippen molar-refractivity contribution >= 4 is 11.9 Å². The van der Waals surface area contributed by atoms with Crippen LogP contribution in [0.4, 0.5) is 0 Å². The van der Waals surface area contributed by atoms with Gasteiger partial charge in [-0.1, -0.05) is 38.5 Å². The highest BCUT2D eigenvalue weighted by molar-refractivity contribution is 5.93. The van der Waals surface area contributed by atoms with Crippen LogP contribution in [0.3, 0.4) is 0 Å². The summed E-state index contributed by atoms with van der Waals surface area (Å²) in [5.41, 5.74) is 0. The third-order valence-corrected chi connectivity index (χ3v) is 4.53. The number of hydrogen-bond donors (Lipinski definition) is 1. The normalized spacial score (nSPS) is 22.1. The molecule has 2 saturated carbocycles. The van der Waals surface area contributed by atoms with E-state index in [2.05, 4.69) is 0 Å². The molecule has 0 atom stereocenters. The zero-order valence-electron chi connectivity index (χ0n) is 11.6.